The largest absolute Gasteiger partial charge is 0.348 e. The maximum Gasteiger partial charge on any atom is 0.240 e. The lowest BCUT2D eigenvalue weighted by molar-refractivity contribution is -0.128. The molecule has 0 aliphatic carbocycles. The quantitative estimate of drug-likeness (QED) is 0.503. The van der Waals surface area contributed by atoms with Crippen LogP contribution in [0.5, 0.6) is 0 Å². The highest BCUT2D eigenvalue weighted by molar-refractivity contribution is 8.00. The molecule has 1 atom stereocenters. The number of likely N-dealkylation sites (tertiary alicyclic amines) is 1. The first-order valence-corrected chi connectivity index (χ1v) is 11.6. The van der Waals surface area contributed by atoms with E-state index in [-0.39, 0.29) is 11.2 Å². The van der Waals surface area contributed by atoms with Crippen LogP contribution in [0.15, 0.2) is 65.8 Å². The molecule has 7 heteroatoms. The van der Waals surface area contributed by atoms with Crippen LogP contribution in [0.25, 0.3) is 0 Å². The fraction of sp³-hybridized carbons (Fsp3) is 0.375. The number of carbonyl (C=O) groups is 1. The van der Waals surface area contributed by atoms with Gasteiger partial charge >= 0.3 is 0 Å². The van der Waals surface area contributed by atoms with Gasteiger partial charge in [0.15, 0.2) is 5.16 Å². The monoisotopic (exact) mass is 435 g/mol. The number of hydrogen-bond donors (Lipinski definition) is 0. The Kier molecular flexibility index (Phi) is 7.04. The molecule has 1 aliphatic rings. The lowest BCUT2D eigenvalue weighted by atomic mass is 10.1. The molecule has 2 aromatic carbocycles. The van der Waals surface area contributed by atoms with Gasteiger partial charge in [-0.15, -0.1) is 10.2 Å². The van der Waals surface area contributed by atoms with Gasteiger partial charge in [0.05, 0.1) is 13.1 Å². The zero-order chi connectivity index (χ0) is 21.6. The molecule has 6 nitrogen and oxygen atoms in total. The molecule has 0 N–H and O–H groups in total. The fourth-order valence-electron chi connectivity index (χ4n) is 3.82. The molecule has 0 bridgehead atoms. The average Bonchev–Trinajstić information content (AvgIpc) is 3.44. The first-order chi connectivity index (χ1) is 15.1. The van der Waals surface area contributed by atoms with Crippen molar-refractivity contribution in [1.29, 1.82) is 0 Å². The van der Waals surface area contributed by atoms with E-state index in [4.69, 9.17) is 0 Å². The topological polar surface area (TPSA) is 54.3 Å². The molecular formula is C24H29N5OS. The molecule has 162 valence electrons. The van der Waals surface area contributed by atoms with E-state index in [1.165, 1.54) is 30.2 Å². The minimum absolute atomic E-state index is 0.0477. The minimum atomic E-state index is -0.366. The Morgan fingerprint density at radius 2 is 1.61 bits per heavy atom. The smallest absolute Gasteiger partial charge is 0.240 e. The standard InChI is InChI=1S/C24H29N5OS/c1-27(2)23(30)22(20-13-7-4-8-14-20)31-24-26-25-21(18-28-15-9-10-16-28)29(24)17-19-11-5-3-6-12-19/h3-8,11-14,22H,9-10,15-18H2,1-2H3. The molecule has 1 aromatic heterocycles. The van der Waals surface area contributed by atoms with Crippen molar-refractivity contribution in [2.45, 2.75) is 36.3 Å². The van der Waals surface area contributed by atoms with E-state index in [1.807, 2.05) is 36.4 Å². The number of aromatic nitrogens is 3. The fourth-order valence-corrected chi connectivity index (χ4v) is 5.02. The molecule has 1 unspecified atom stereocenters. The van der Waals surface area contributed by atoms with Gasteiger partial charge in [-0.2, -0.15) is 0 Å². The van der Waals surface area contributed by atoms with E-state index < -0.39 is 0 Å². The van der Waals surface area contributed by atoms with Crippen LogP contribution in [0, 0.1) is 0 Å². The molecule has 2 heterocycles. The van der Waals surface area contributed by atoms with Gasteiger partial charge in [0.1, 0.15) is 11.1 Å². The summed E-state index contributed by atoms with van der Waals surface area (Å²) in [5.41, 5.74) is 2.17. The zero-order valence-electron chi connectivity index (χ0n) is 18.1. The van der Waals surface area contributed by atoms with Gasteiger partial charge in [-0.1, -0.05) is 72.4 Å². The van der Waals surface area contributed by atoms with E-state index in [0.29, 0.717) is 6.54 Å². The maximum absolute atomic E-state index is 13.0. The lowest BCUT2D eigenvalue weighted by Gasteiger charge is -2.21. The predicted octanol–water partition coefficient (Wildman–Crippen LogP) is 3.84. The van der Waals surface area contributed by atoms with E-state index in [1.54, 1.807) is 19.0 Å². The Bertz CT molecular complexity index is 984. The highest BCUT2D eigenvalue weighted by atomic mass is 32.2. The van der Waals surface area contributed by atoms with E-state index in [0.717, 1.165) is 36.2 Å². The van der Waals surface area contributed by atoms with Crippen LogP contribution in [0.1, 0.15) is 35.0 Å². The summed E-state index contributed by atoms with van der Waals surface area (Å²) in [7, 11) is 3.60. The molecule has 31 heavy (non-hydrogen) atoms. The van der Waals surface area contributed by atoms with E-state index in [2.05, 4.69) is 43.9 Å². The number of thioether (sulfide) groups is 1. The van der Waals surface area contributed by atoms with Gasteiger partial charge in [0, 0.05) is 14.1 Å². The summed E-state index contributed by atoms with van der Waals surface area (Å²) in [6, 6.07) is 20.3. The van der Waals surface area contributed by atoms with Crippen molar-refractivity contribution >= 4 is 17.7 Å². The SMILES string of the molecule is CN(C)C(=O)C(Sc1nnc(CN2CCCC2)n1Cc1ccccc1)c1ccccc1. The molecular weight excluding hydrogens is 406 g/mol. The molecule has 1 fully saturated rings. The summed E-state index contributed by atoms with van der Waals surface area (Å²) in [4.78, 5) is 17.1. The summed E-state index contributed by atoms with van der Waals surface area (Å²) in [6.45, 7) is 3.69. The normalized spacial score (nSPS) is 15.2. The summed E-state index contributed by atoms with van der Waals surface area (Å²) in [6.07, 6.45) is 2.48. The Balaban J connectivity index is 1.66. The molecule has 1 saturated heterocycles. The van der Waals surface area contributed by atoms with Crippen LogP contribution < -0.4 is 0 Å². The minimum Gasteiger partial charge on any atom is -0.348 e. The van der Waals surface area contributed by atoms with Gasteiger partial charge in [0.2, 0.25) is 5.91 Å². The number of amides is 1. The maximum atomic E-state index is 13.0. The van der Waals surface area contributed by atoms with Crippen LogP contribution in [0.3, 0.4) is 0 Å². The number of likely N-dealkylation sites (N-methyl/N-ethyl adjacent to an activating group) is 1. The number of nitrogens with zero attached hydrogens (tertiary/aromatic N) is 5. The van der Waals surface area contributed by atoms with Crippen LogP contribution in [-0.4, -0.2) is 57.7 Å². The van der Waals surface area contributed by atoms with Crippen LogP contribution >= 0.6 is 11.8 Å². The zero-order valence-corrected chi connectivity index (χ0v) is 19.0. The number of carbonyl (C=O) groups excluding carboxylic acids is 1. The first-order valence-electron chi connectivity index (χ1n) is 10.7. The van der Waals surface area contributed by atoms with Crippen molar-refractivity contribution in [1.82, 2.24) is 24.6 Å². The van der Waals surface area contributed by atoms with Gasteiger partial charge in [-0.05, 0) is 37.1 Å². The number of hydrogen-bond acceptors (Lipinski definition) is 5. The van der Waals surface area contributed by atoms with E-state index in [9.17, 15) is 4.79 Å². The van der Waals surface area contributed by atoms with Crippen molar-refractivity contribution in [2.24, 2.45) is 0 Å². The second-order valence-corrected chi connectivity index (χ2v) is 9.17. The van der Waals surface area contributed by atoms with Crippen molar-refractivity contribution in [3.05, 3.63) is 77.6 Å². The summed E-state index contributed by atoms with van der Waals surface area (Å²) in [5.74, 6) is 1.00. The average molecular weight is 436 g/mol. The third-order valence-electron chi connectivity index (χ3n) is 5.53. The number of rotatable bonds is 8. The first kappa shape index (κ1) is 21.6. The number of benzene rings is 2. The lowest BCUT2D eigenvalue weighted by Crippen LogP contribution is -2.27. The van der Waals surface area contributed by atoms with Crippen molar-refractivity contribution < 1.29 is 4.79 Å². The Labute approximate surface area is 188 Å². The summed E-state index contributed by atoms with van der Waals surface area (Å²) < 4.78 is 2.18. The van der Waals surface area contributed by atoms with Crippen LogP contribution in [0.2, 0.25) is 0 Å². The predicted molar refractivity (Wildman–Crippen MR) is 124 cm³/mol. The van der Waals surface area contributed by atoms with Gasteiger partial charge < -0.3 is 9.47 Å². The van der Waals surface area contributed by atoms with E-state index >= 15 is 0 Å². The second-order valence-electron chi connectivity index (χ2n) is 8.10. The third kappa shape index (κ3) is 5.35. The molecule has 3 aromatic rings. The molecule has 1 aliphatic heterocycles. The van der Waals surface area contributed by atoms with Crippen molar-refractivity contribution in [3.63, 3.8) is 0 Å². The highest BCUT2D eigenvalue weighted by Crippen LogP contribution is 2.36. The molecule has 0 radical (unpaired) electrons. The van der Waals surface area contributed by atoms with Crippen LogP contribution in [-0.2, 0) is 17.9 Å². The molecule has 4 rings (SSSR count). The summed E-state index contributed by atoms with van der Waals surface area (Å²) in [5, 5.41) is 9.51. The molecule has 0 spiro atoms. The van der Waals surface area contributed by atoms with Gasteiger partial charge in [-0.3, -0.25) is 9.69 Å². The van der Waals surface area contributed by atoms with Crippen molar-refractivity contribution in [3.8, 4) is 0 Å². The van der Waals surface area contributed by atoms with Crippen LogP contribution in [0.4, 0.5) is 0 Å². The van der Waals surface area contributed by atoms with Crippen molar-refractivity contribution in [2.75, 3.05) is 27.2 Å². The Morgan fingerprint density at radius 3 is 2.26 bits per heavy atom. The summed E-state index contributed by atoms with van der Waals surface area (Å²) >= 11 is 1.48. The Morgan fingerprint density at radius 1 is 0.968 bits per heavy atom. The molecule has 0 saturated carbocycles. The van der Waals surface area contributed by atoms with Gasteiger partial charge in [0.25, 0.3) is 0 Å². The molecule has 1 amide bonds. The highest BCUT2D eigenvalue weighted by Gasteiger charge is 2.27. The Hall–Kier alpha value is -2.64. The van der Waals surface area contributed by atoms with Gasteiger partial charge in [-0.25, -0.2) is 0 Å². The third-order valence-corrected chi connectivity index (χ3v) is 6.75. The second kappa shape index (κ2) is 10.1.